The van der Waals surface area contributed by atoms with E-state index in [0.717, 1.165) is 0 Å². The maximum absolute atomic E-state index is 12.9. The molecule has 0 aromatic heterocycles. The predicted octanol–water partition coefficient (Wildman–Crippen LogP) is 2.25. The van der Waals surface area contributed by atoms with Crippen molar-refractivity contribution >= 4 is 5.91 Å². The summed E-state index contributed by atoms with van der Waals surface area (Å²) in [5.74, 6) is -0.117. The van der Waals surface area contributed by atoms with Gasteiger partial charge in [0.1, 0.15) is 6.17 Å². The van der Waals surface area contributed by atoms with Crippen molar-refractivity contribution in [3.63, 3.8) is 0 Å². The normalized spacial score (nSPS) is 22.4. The summed E-state index contributed by atoms with van der Waals surface area (Å²) in [6.07, 6.45) is 6.29. The molecule has 0 radical (unpaired) electrons. The number of likely N-dealkylation sites (tertiary alicyclic amines) is 1. The van der Waals surface area contributed by atoms with Gasteiger partial charge < -0.3 is 4.90 Å². The van der Waals surface area contributed by atoms with Gasteiger partial charge in [0, 0.05) is 12.1 Å². The molecule has 1 heterocycles. The summed E-state index contributed by atoms with van der Waals surface area (Å²) in [5.41, 5.74) is 0.557. The molecular weight excluding hydrogens is 193 g/mol. The molecule has 0 aromatic rings. The Hall–Kier alpha value is -1.38. The third kappa shape index (κ3) is 3.05. The lowest BCUT2D eigenvalue weighted by Crippen LogP contribution is -2.29. The number of amides is 1. The molecule has 0 bridgehead atoms. The zero-order valence-electron chi connectivity index (χ0n) is 8.95. The van der Waals surface area contributed by atoms with Gasteiger partial charge in [-0.05, 0) is 13.3 Å². The second-order valence-corrected chi connectivity index (χ2v) is 3.49. The van der Waals surface area contributed by atoms with Crippen LogP contribution >= 0.6 is 0 Å². The van der Waals surface area contributed by atoms with E-state index >= 15 is 0 Å². The minimum absolute atomic E-state index is 0.117. The number of nitrogens with zero attached hydrogens (tertiary/aromatic N) is 1. The zero-order chi connectivity index (χ0) is 11.3. The topological polar surface area (TPSA) is 20.3 Å². The monoisotopic (exact) mass is 209 g/mol. The van der Waals surface area contributed by atoms with Crippen molar-refractivity contribution in [1.82, 2.24) is 4.90 Å². The second-order valence-electron chi connectivity index (χ2n) is 3.49. The molecule has 3 heteroatoms. The van der Waals surface area contributed by atoms with Crippen molar-refractivity contribution in [2.75, 3.05) is 13.1 Å². The molecule has 1 amide bonds. The third-order valence-electron chi connectivity index (χ3n) is 2.31. The smallest absolute Gasteiger partial charge is 0.253 e. The highest BCUT2D eigenvalue weighted by Crippen LogP contribution is 2.15. The van der Waals surface area contributed by atoms with Gasteiger partial charge in [-0.1, -0.05) is 30.9 Å². The van der Waals surface area contributed by atoms with Crippen LogP contribution in [0.15, 0.2) is 36.5 Å². The third-order valence-corrected chi connectivity index (χ3v) is 2.31. The fourth-order valence-corrected chi connectivity index (χ4v) is 1.59. The molecule has 0 saturated carbocycles. The van der Waals surface area contributed by atoms with Crippen molar-refractivity contribution in [1.29, 1.82) is 0 Å². The summed E-state index contributed by atoms with van der Waals surface area (Å²) in [5, 5.41) is 0. The lowest BCUT2D eigenvalue weighted by atomic mass is 10.2. The Morgan fingerprint density at radius 2 is 2.33 bits per heavy atom. The molecule has 1 unspecified atom stereocenters. The van der Waals surface area contributed by atoms with E-state index in [1.807, 2.05) is 6.92 Å². The highest BCUT2D eigenvalue weighted by Gasteiger charge is 2.26. The van der Waals surface area contributed by atoms with E-state index in [1.165, 1.54) is 0 Å². The second kappa shape index (κ2) is 5.49. The fourth-order valence-electron chi connectivity index (χ4n) is 1.59. The van der Waals surface area contributed by atoms with Gasteiger partial charge in [-0.2, -0.15) is 0 Å². The molecule has 0 spiro atoms. The van der Waals surface area contributed by atoms with Crippen LogP contribution in [0.25, 0.3) is 0 Å². The lowest BCUT2D eigenvalue weighted by Gasteiger charge is -2.15. The van der Waals surface area contributed by atoms with Crippen LogP contribution < -0.4 is 0 Å². The largest absolute Gasteiger partial charge is 0.336 e. The van der Waals surface area contributed by atoms with Crippen LogP contribution in [0, 0.1) is 0 Å². The van der Waals surface area contributed by atoms with Crippen LogP contribution in [-0.4, -0.2) is 30.1 Å². The Labute approximate surface area is 89.8 Å². The van der Waals surface area contributed by atoms with E-state index in [-0.39, 0.29) is 12.5 Å². The predicted molar refractivity (Wildman–Crippen MR) is 59.2 cm³/mol. The van der Waals surface area contributed by atoms with E-state index < -0.39 is 6.17 Å². The van der Waals surface area contributed by atoms with Crippen LogP contribution in [0.1, 0.15) is 13.3 Å². The quantitative estimate of drug-likeness (QED) is 0.515. The Balaban J connectivity index is 2.72. The van der Waals surface area contributed by atoms with E-state index in [1.54, 1.807) is 29.2 Å². The SMILES string of the molecule is C=C/C=C(\C=C/C)C(=O)N1CCC(F)C1. The highest BCUT2D eigenvalue weighted by atomic mass is 19.1. The standard InChI is InChI=1S/C12H16FNO/c1-3-5-10(6-4-2)12(15)14-8-7-11(13)9-14/h3-6,11H,1,7-9H2,2H3/b6-4-,10-5+. The first kappa shape index (κ1) is 11.7. The molecule has 1 atom stereocenters. The molecule has 1 fully saturated rings. The molecule has 1 rings (SSSR count). The zero-order valence-corrected chi connectivity index (χ0v) is 8.95. The summed E-state index contributed by atoms with van der Waals surface area (Å²) in [6.45, 7) is 6.11. The van der Waals surface area contributed by atoms with Gasteiger partial charge in [-0.25, -0.2) is 4.39 Å². The molecule has 15 heavy (non-hydrogen) atoms. The summed E-state index contributed by atoms with van der Waals surface area (Å²) in [7, 11) is 0. The number of carbonyl (C=O) groups excluding carboxylic acids is 1. The van der Waals surface area contributed by atoms with E-state index in [0.29, 0.717) is 18.5 Å². The molecule has 0 N–H and O–H groups in total. The minimum atomic E-state index is -0.871. The average Bonchev–Trinajstić information content (AvgIpc) is 2.63. The number of hydrogen-bond donors (Lipinski definition) is 0. The summed E-state index contributed by atoms with van der Waals surface area (Å²) in [4.78, 5) is 13.4. The molecule has 1 saturated heterocycles. The molecule has 0 aromatic carbocycles. The number of allylic oxidation sites excluding steroid dienone is 3. The van der Waals surface area contributed by atoms with Gasteiger partial charge >= 0.3 is 0 Å². The molecular formula is C12H16FNO. The Bertz CT molecular complexity index is 307. The van der Waals surface area contributed by atoms with E-state index in [9.17, 15) is 9.18 Å². The highest BCUT2D eigenvalue weighted by molar-refractivity contribution is 5.96. The maximum Gasteiger partial charge on any atom is 0.253 e. The summed E-state index contributed by atoms with van der Waals surface area (Å²) in [6, 6.07) is 0. The molecule has 2 nitrogen and oxygen atoms in total. The van der Waals surface area contributed by atoms with E-state index in [2.05, 4.69) is 6.58 Å². The Morgan fingerprint density at radius 3 is 2.80 bits per heavy atom. The number of alkyl halides is 1. The fraction of sp³-hybridized carbons (Fsp3) is 0.417. The van der Waals surface area contributed by atoms with Crippen molar-refractivity contribution in [2.24, 2.45) is 0 Å². The summed E-state index contributed by atoms with van der Waals surface area (Å²) < 4.78 is 12.9. The van der Waals surface area contributed by atoms with Crippen LogP contribution in [0.2, 0.25) is 0 Å². The van der Waals surface area contributed by atoms with Gasteiger partial charge in [-0.3, -0.25) is 4.79 Å². The average molecular weight is 209 g/mol. The van der Waals surface area contributed by atoms with Crippen molar-refractivity contribution < 1.29 is 9.18 Å². The van der Waals surface area contributed by atoms with Gasteiger partial charge in [-0.15, -0.1) is 0 Å². The Kier molecular flexibility index (Phi) is 4.28. The maximum atomic E-state index is 12.9. The van der Waals surface area contributed by atoms with Crippen molar-refractivity contribution in [2.45, 2.75) is 19.5 Å². The van der Waals surface area contributed by atoms with Crippen LogP contribution in [0.3, 0.4) is 0 Å². The molecule has 1 aliphatic heterocycles. The molecule has 1 aliphatic rings. The Morgan fingerprint density at radius 1 is 1.60 bits per heavy atom. The lowest BCUT2D eigenvalue weighted by molar-refractivity contribution is -0.125. The van der Waals surface area contributed by atoms with Gasteiger partial charge in [0.15, 0.2) is 0 Å². The van der Waals surface area contributed by atoms with Crippen LogP contribution in [0.5, 0.6) is 0 Å². The number of hydrogen-bond acceptors (Lipinski definition) is 1. The summed E-state index contributed by atoms with van der Waals surface area (Å²) >= 11 is 0. The van der Waals surface area contributed by atoms with Crippen LogP contribution in [0.4, 0.5) is 4.39 Å². The number of carbonyl (C=O) groups is 1. The van der Waals surface area contributed by atoms with Crippen molar-refractivity contribution in [3.05, 3.63) is 36.5 Å². The first-order chi connectivity index (χ1) is 7.19. The van der Waals surface area contributed by atoms with Gasteiger partial charge in [0.25, 0.3) is 5.91 Å². The minimum Gasteiger partial charge on any atom is -0.336 e. The van der Waals surface area contributed by atoms with E-state index in [4.69, 9.17) is 0 Å². The first-order valence-corrected chi connectivity index (χ1v) is 5.07. The van der Waals surface area contributed by atoms with Gasteiger partial charge in [0.2, 0.25) is 0 Å². The van der Waals surface area contributed by atoms with Crippen molar-refractivity contribution in [3.8, 4) is 0 Å². The number of halogens is 1. The van der Waals surface area contributed by atoms with Crippen LogP contribution in [-0.2, 0) is 4.79 Å². The molecule has 82 valence electrons. The number of rotatable bonds is 3. The first-order valence-electron chi connectivity index (χ1n) is 5.07. The molecule has 0 aliphatic carbocycles. The van der Waals surface area contributed by atoms with Gasteiger partial charge in [0.05, 0.1) is 6.54 Å².